The van der Waals surface area contributed by atoms with Crippen molar-refractivity contribution < 1.29 is 9.53 Å². The number of amides is 1. The molecule has 0 aromatic carbocycles. The van der Waals surface area contributed by atoms with Gasteiger partial charge in [-0.2, -0.15) is 0 Å². The molecule has 1 unspecified atom stereocenters. The number of rotatable bonds is 3. The van der Waals surface area contributed by atoms with Gasteiger partial charge in [0.2, 0.25) is 5.91 Å². The fraction of sp³-hybridized carbons (Fsp3) is 0.588. The molecule has 2 aromatic heterocycles. The largest absolute Gasteiger partial charge is 0.375 e. The Morgan fingerprint density at radius 3 is 3.08 bits per heavy atom. The van der Waals surface area contributed by atoms with Gasteiger partial charge >= 0.3 is 0 Å². The van der Waals surface area contributed by atoms with Gasteiger partial charge in [-0.25, -0.2) is 4.98 Å². The molecule has 25 heavy (non-hydrogen) atoms. The molecule has 6 nitrogen and oxygen atoms in total. The van der Waals surface area contributed by atoms with Crippen LogP contribution < -0.4 is 5.56 Å². The summed E-state index contributed by atoms with van der Waals surface area (Å²) >= 11 is 2.98. The normalized spacial score (nSPS) is 20.2. The monoisotopic (exact) mass is 379 g/mol. The first kappa shape index (κ1) is 17.1. The van der Waals surface area contributed by atoms with Gasteiger partial charge in [-0.3, -0.25) is 14.2 Å². The van der Waals surface area contributed by atoms with Gasteiger partial charge < -0.3 is 9.64 Å². The smallest absolute Gasteiger partial charge is 0.262 e. The highest BCUT2D eigenvalue weighted by Crippen LogP contribution is 2.35. The van der Waals surface area contributed by atoms with Crippen molar-refractivity contribution in [2.24, 2.45) is 7.05 Å². The average molecular weight is 380 g/mol. The highest BCUT2D eigenvalue weighted by Gasteiger charge is 2.24. The van der Waals surface area contributed by atoms with Crippen molar-refractivity contribution in [3.05, 3.63) is 20.8 Å². The number of thiophene rings is 1. The second kappa shape index (κ2) is 6.74. The van der Waals surface area contributed by atoms with Gasteiger partial charge in [-0.1, -0.05) is 11.8 Å². The Morgan fingerprint density at radius 2 is 2.28 bits per heavy atom. The molecule has 1 saturated heterocycles. The first-order valence-corrected chi connectivity index (χ1v) is 10.4. The zero-order chi connectivity index (χ0) is 17.6. The topological polar surface area (TPSA) is 64.4 Å². The molecule has 1 aliphatic carbocycles. The summed E-state index contributed by atoms with van der Waals surface area (Å²) in [5.74, 6) is 0.368. The SMILES string of the molecule is CC1CN(C(=O)CSc2nc3sc4c(c3c(=O)n2C)CCC4)CCO1. The molecule has 2 aliphatic rings. The standard InChI is InChI=1S/C17H21N3O3S2/c1-10-8-20(6-7-23-10)13(21)9-24-17-18-15-14(16(22)19(17)2)11-4-3-5-12(11)25-15/h10H,3-9H2,1-2H3. The van der Waals surface area contributed by atoms with E-state index < -0.39 is 0 Å². The average Bonchev–Trinajstić information content (AvgIpc) is 3.17. The number of hydrogen-bond donors (Lipinski definition) is 0. The number of carbonyl (C=O) groups excluding carboxylic acids is 1. The van der Waals surface area contributed by atoms with E-state index in [2.05, 4.69) is 4.98 Å². The number of morpholine rings is 1. The maximum absolute atomic E-state index is 12.8. The Kier molecular flexibility index (Phi) is 4.59. The molecular formula is C17H21N3O3S2. The van der Waals surface area contributed by atoms with Crippen LogP contribution in [0.2, 0.25) is 0 Å². The number of aromatic nitrogens is 2. The van der Waals surface area contributed by atoms with Crippen LogP contribution in [0.25, 0.3) is 10.2 Å². The van der Waals surface area contributed by atoms with Crippen molar-refractivity contribution in [1.82, 2.24) is 14.5 Å². The van der Waals surface area contributed by atoms with E-state index >= 15 is 0 Å². The van der Waals surface area contributed by atoms with E-state index in [-0.39, 0.29) is 17.6 Å². The molecule has 0 saturated carbocycles. The Bertz CT molecular complexity index is 889. The minimum Gasteiger partial charge on any atom is -0.375 e. The lowest BCUT2D eigenvalue weighted by atomic mass is 10.2. The van der Waals surface area contributed by atoms with Gasteiger partial charge in [0.15, 0.2) is 5.16 Å². The number of aryl methyl sites for hydroxylation is 2. The molecule has 1 aliphatic heterocycles. The fourth-order valence-electron chi connectivity index (χ4n) is 3.50. The Labute approximate surface area is 154 Å². The number of ether oxygens (including phenoxy) is 1. The maximum Gasteiger partial charge on any atom is 0.262 e. The highest BCUT2D eigenvalue weighted by atomic mass is 32.2. The van der Waals surface area contributed by atoms with E-state index in [4.69, 9.17) is 4.74 Å². The Balaban J connectivity index is 1.55. The summed E-state index contributed by atoms with van der Waals surface area (Å²) in [6, 6.07) is 0. The predicted molar refractivity (Wildman–Crippen MR) is 99.6 cm³/mol. The summed E-state index contributed by atoms with van der Waals surface area (Å²) in [7, 11) is 1.75. The van der Waals surface area contributed by atoms with Crippen molar-refractivity contribution in [3.8, 4) is 0 Å². The summed E-state index contributed by atoms with van der Waals surface area (Å²) in [5.41, 5.74) is 1.21. The summed E-state index contributed by atoms with van der Waals surface area (Å²) in [6.07, 6.45) is 3.24. The van der Waals surface area contributed by atoms with Crippen LogP contribution in [0.15, 0.2) is 9.95 Å². The lowest BCUT2D eigenvalue weighted by molar-refractivity contribution is -0.135. The molecule has 1 atom stereocenters. The van der Waals surface area contributed by atoms with E-state index in [1.54, 1.807) is 23.0 Å². The molecule has 2 aromatic rings. The minimum atomic E-state index is 0.0133. The van der Waals surface area contributed by atoms with Crippen LogP contribution in [-0.4, -0.2) is 51.9 Å². The number of fused-ring (bicyclic) bond motifs is 3. The van der Waals surface area contributed by atoms with Crippen LogP contribution in [0.5, 0.6) is 0 Å². The molecular weight excluding hydrogens is 358 g/mol. The van der Waals surface area contributed by atoms with Crippen molar-refractivity contribution in [1.29, 1.82) is 0 Å². The van der Waals surface area contributed by atoms with E-state index in [0.29, 0.717) is 30.6 Å². The second-order valence-electron chi connectivity index (χ2n) is 6.61. The third-order valence-corrected chi connectivity index (χ3v) is 7.02. The Hall–Kier alpha value is -1.38. The third-order valence-electron chi connectivity index (χ3n) is 4.82. The molecule has 1 amide bonds. The van der Waals surface area contributed by atoms with E-state index in [9.17, 15) is 9.59 Å². The summed E-state index contributed by atoms with van der Waals surface area (Å²) < 4.78 is 7.07. The number of carbonyl (C=O) groups is 1. The van der Waals surface area contributed by atoms with Crippen molar-refractivity contribution >= 4 is 39.2 Å². The molecule has 134 valence electrons. The maximum atomic E-state index is 12.8. The third kappa shape index (κ3) is 3.11. The second-order valence-corrected chi connectivity index (χ2v) is 8.63. The van der Waals surface area contributed by atoms with Gasteiger partial charge in [0.05, 0.1) is 23.8 Å². The van der Waals surface area contributed by atoms with E-state index in [1.807, 2.05) is 11.8 Å². The first-order chi connectivity index (χ1) is 12.0. The summed E-state index contributed by atoms with van der Waals surface area (Å²) in [4.78, 5) is 33.8. The van der Waals surface area contributed by atoms with Crippen LogP contribution >= 0.6 is 23.1 Å². The zero-order valence-electron chi connectivity index (χ0n) is 14.4. The highest BCUT2D eigenvalue weighted by molar-refractivity contribution is 7.99. The minimum absolute atomic E-state index is 0.0133. The van der Waals surface area contributed by atoms with E-state index in [1.165, 1.54) is 22.2 Å². The van der Waals surface area contributed by atoms with Crippen LogP contribution in [0.3, 0.4) is 0 Å². The van der Waals surface area contributed by atoms with Crippen molar-refractivity contribution in [2.75, 3.05) is 25.4 Å². The van der Waals surface area contributed by atoms with Gasteiger partial charge in [0.25, 0.3) is 5.56 Å². The summed E-state index contributed by atoms with van der Waals surface area (Å²) in [6.45, 7) is 3.82. The number of nitrogens with zero attached hydrogens (tertiary/aromatic N) is 3. The molecule has 0 spiro atoms. The first-order valence-electron chi connectivity index (χ1n) is 8.58. The van der Waals surface area contributed by atoms with Gasteiger partial charge in [0, 0.05) is 25.0 Å². The quantitative estimate of drug-likeness (QED) is 0.601. The van der Waals surface area contributed by atoms with Crippen LogP contribution in [0, 0.1) is 0 Å². The van der Waals surface area contributed by atoms with Crippen molar-refractivity contribution in [2.45, 2.75) is 37.4 Å². The predicted octanol–water partition coefficient (Wildman–Crippen LogP) is 1.82. The molecule has 0 radical (unpaired) electrons. The summed E-state index contributed by atoms with van der Waals surface area (Å²) in [5, 5.41) is 1.41. The van der Waals surface area contributed by atoms with E-state index in [0.717, 1.165) is 29.5 Å². The van der Waals surface area contributed by atoms with Crippen LogP contribution in [-0.2, 0) is 29.4 Å². The number of thioether (sulfide) groups is 1. The molecule has 1 fully saturated rings. The lowest BCUT2D eigenvalue weighted by Gasteiger charge is -2.31. The van der Waals surface area contributed by atoms with Crippen LogP contribution in [0.4, 0.5) is 0 Å². The fourth-order valence-corrected chi connectivity index (χ4v) is 5.67. The zero-order valence-corrected chi connectivity index (χ0v) is 16.0. The van der Waals surface area contributed by atoms with Gasteiger partial charge in [-0.05, 0) is 31.7 Å². The molecule has 3 heterocycles. The molecule has 4 rings (SSSR count). The molecule has 0 bridgehead atoms. The van der Waals surface area contributed by atoms with Gasteiger partial charge in [-0.15, -0.1) is 11.3 Å². The molecule has 8 heteroatoms. The lowest BCUT2D eigenvalue weighted by Crippen LogP contribution is -2.45. The van der Waals surface area contributed by atoms with Crippen LogP contribution in [0.1, 0.15) is 23.8 Å². The van der Waals surface area contributed by atoms with Crippen molar-refractivity contribution in [3.63, 3.8) is 0 Å². The Morgan fingerprint density at radius 1 is 1.44 bits per heavy atom. The number of hydrogen-bond acceptors (Lipinski definition) is 6. The molecule has 0 N–H and O–H groups in total. The van der Waals surface area contributed by atoms with Gasteiger partial charge in [0.1, 0.15) is 4.83 Å².